The van der Waals surface area contributed by atoms with Gasteiger partial charge in [0.2, 0.25) is 15.8 Å². The molecule has 0 aliphatic rings. The zero-order chi connectivity index (χ0) is 15.2. The van der Waals surface area contributed by atoms with Gasteiger partial charge in [-0.3, -0.25) is 10.1 Å². The van der Waals surface area contributed by atoms with E-state index in [4.69, 9.17) is 5.11 Å². The second kappa shape index (κ2) is 7.27. The van der Waals surface area contributed by atoms with Crippen LogP contribution in [0.1, 0.15) is 19.3 Å². The quantitative estimate of drug-likeness (QED) is 0.426. The number of hydrogen-bond donors (Lipinski definition) is 2. The van der Waals surface area contributed by atoms with Crippen LogP contribution in [0.4, 0.5) is 10.1 Å². The molecule has 0 atom stereocenters. The van der Waals surface area contributed by atoms with E-state index in [1.165, 1.54) is 0 Å². The number of nitro benzene ring substituents is 1. The van der Waals surface area contributed by atoms with Crippen molar-refractivity contribution in [3.05, 3.63) is 34.1 Å². The summed E-state index contributed by atoms with van der Waals surface area (Å²) < 4.78 is 39.1. The number of hydrogen-bond acceptors (Lipinski definition) is 5. The predicted molar refractivity (Wildman–Crippen MR) is 69.2 cm³/mol. The topological polar surface area (TPSA) is 110 Å². The molecule has 0 radical (unpaired) electrons. The van der Waals surface area contributed by atoms with Crippen molar-refractivity contribution in [2.45, 2.75) is 24.2 Å². The summed E-state index contributed by atoms with van der Waals surface area (Å²) in [6.07, 6.45) is 1.76. The van der Waals surface area contributed by atoms with Gasteiger partial charge < -0.3 is 5.11 Å². The molecule has 0 fully saturated rings. The van der Waals surface area contributed by atoms with Crippen LogP contribution in [0.2, 0.25) is 0 Å². The van der Waals surface area contributed by atoms with Gasteiger partial charge in [0.25, 0.3) is 0 Å². The fraction of sp³-hybridized carbons (Fsp3) is 0.455. The van der Waals surface area contributed by atoms with Crippen LogP contribution in [0.3, 0.4) is 0 Å². The summed E-state index contributed by atoms with van der Waals surface area (Å²) in [5.74, 6) is -1.09. The maximum Gasteiger partial charge on any atom is 0.306 e. The minimum absolute atomic E-state index is 0.0386. The highest BCUT2D eigenvalue weighted by Gasteiger charge is 2.20. The molecule has 7 nitrogen and oxygen atoms in total. The summed E-state index contributed by atoms with van der Waals surface area (Å²) in [7, 11) is -3.90. The Balaban J connectivity index is 2.77. The Hall–Kier alpha value is -1.58. The van der Waals surface area contributed by atoms with Crippen LogP contribution in [0.5, 0.6) is 0 Å². The lowest BCUT2D eigenvalue weighted by molar-refractivity contribution is -0.387. The Kier molecular flexibility index (Phi) is 5.99. The van der Waals surface area contributed by atoms with E-state index < -0.39 is 26.5 Å². The van der Waals surface area contributed by atoms with E-state index in [1.54, 1.807) is 0 Å². The van der Waals surface area contributed by atoms with Crippen LogP contribution in [-0.4, -0.2) is 31.6 Å². The summed E-state index contributed by atoms with van der Waals surface area (Å²) in [5.41, 5.74) is -0.881. The molecule has 2 N–H and O–H groups in total. The number of nitro groups is 1. The van der Waals surface area contributed by atoms with Crippen molar-refractivity contribution >= 4 is 15.7 Å². The highest BCUT2D eigenvalue weighted by atomic mass is 32.2. The summed E-state index contributed by atoms with van der Waals surface area (Å²) >= 11 is 0. The number of rotatable bonds is 8. The van der Waals surface area contributed by atoms with E-state index >= 15 is 0 Å². The van der Waals surface area contributed by atoms with Crippen LogP contribution in [-0.2, 0) is 10.0 Å². The van der Waals surface area contributed by atoms with E-state index in [1.807, 2.05) is 0 Å². The summed E-state index contributed by atoms with van der Waals surface area (Å²) in [6, 6.07) is 2.40. The van der Waals surface area contributed by atoms with Crippen molar-refractivity contribution in [3.8, 4) is 0 Å². The molecule has 0 heterocycles. The molecular formula is C11H15FN2O5S. The second-order valence-electron chi connectivity index (χ2n) is 4.05. The first-order valence-electron chi connectivity index (χ1n) is 5.93. The number of unbranched alkanes of at least 4 members (excludes halogenated alkanes) is 2. The van der Waals surface area contributed by atoms with Gasteiger partial charge in [-0.1, -0.05) is 0 Å². The van der Waals surface area contributed by atoms with Gasteiger partial charge in [0.15, 0.2) is 0 Å². The minimum Gasteiger partial charge on any atom is -0.396 e. The number of aliphatic hydroxyl groups is 1. The molecule has 0 unspecified atom stereocenters. The summed E-state index contributed by atoms with van der Waals surface area (Å²) in [6.45, 7) is 0.185. The van der Waals surface area contributed by atoms with E-state index in [0.717, 1.165) is 12.1 Å². The maximum absolute atomic E-state index is 13.1. The molecule has 1 aromatic rings. The first-order valence-corrected chi connectivity index (χ1v) is 7.41. The average molecular weight is 306 g/mol. The highest BCUT2D eigenvalue weighted by Crippen LogP contribution is 2.21. The van der Waals surface area contributed by atoms with Crippen molar-refractivity contribution in [2.75, 3.05) is 13.2 Å². The van der Waals surface area contributed by atoms with Crippen molar-refractivity contribution in [1.82, 2.24) is 4.72 Å². The van der Waals surface area contributed by atoms with Crippen molar-refractivity contribution < 1.29 is 22.8 Å². The molecular weight excluding hydrogens is 291 g/mol. The van der Waals surface area contributed by atoms with Gasteiger partial charge in [-0.25, -0.2) is 13.1 Å². The third kappa shape index (κ3) is 4.51. The molecule has 0 saturated carbocycles. The van der Waals surface area contributed by atoms with Crippen molar-refractivity contribution in [2.24, 2.45) is 0 Å². The number of sulfonamides is 1. The third-order valence-corrected chi connectivity index (χ3v) is 4.01. The van der Waals surface area contributed by atoms with Gasteiger partial charge in [-0.05, 0) is 31.4 Å². The Morgan fingerprint density at radius 3 is 2.60 bits per heavy atom. The monoisotopic (exact) mass is 306 g/mol. The van der Waals surface area contributed by atoms with Gasteiger partial charge in [0.05, 0.1) is 9.82 Å². The smallest absolute Gasteiger partial charge is 0.306 e. The molecule has 9 heteroatoms. The predicted octanol–water partition coefficient (Wildman–Crippen LogP) is 1.17. The van der Waals surface area contributed by atoms with E-state index in [0.29, 0.717) is 25.3 Å². The normalized spacial score (nSPS) is 11.5. The van der Waals surface area contributed by atoms with Crippen LogP contribution in [0, 0.1) is 15.9 Å². The highest BCUT2D eigenvalue weighted by molar-refractivity contribution is 7.89. The molecule has 112 valence electrons. The Bertz CT molecular complexity index is 576. The van der Waals surface area contributed by atoms with Gasteiger partial charge in [0.1, 0.15) is 0 Å². The summed E-state index contributed by atoms with van der Waals surface area (Å²) in [4.78, 5) is 9.23. The summed E-state index contributed by atoms with van der Waals surface area (Å²) in [5, 5.41) is 19.1. The zero-order valence-electron chi connectivity index (χ0n) is 10.6. The number of benzene rings is 1. The van der Waals surface area contributed by atoms with Gasteiger partial charge in [0, 0.05) is 19.2 Å². The van der Waals surface area contributed by atoms with Crippen LogP contribution in [0.15, 0.2) is 23.1 Å². The molecule has 0 aliphatic carbocycles. The van der Waals surface area contributed by atoms with Gasteiger partial charge >= 0.3 is 5.69 Å². The van der Waals surface area contributed by atoms with E-state index in [-0.39, 0.29) is 18.0 Å². The minimum atomic E-state index is -3.90. The number of nitrogens with zero attached hydrogens (tertiary/aromatic N) is 1. The zero-order valence-corrected chi connectivity index (χ0v) is 11.4. The average Bonchev–Trinajstić information content (AvgIpc) is 2.38. The Morgan fingerprint density at radius 2 is 2.00 bits per heavy atom. The number of aliphatic hydroxyl groups excluding tert-OH is 1. The maximum atomic E-state index is 13.1. The number of halogens is 1. The van der Waals surface area contributed by atoms with Gasteiger partial charge in [-0.2, -0.15) is 4.39 Å². The molecule has 0 saturated heterocycles. The molecule has 0 bridgehead atoms. The SMILES string of the molecule is O=[N+]([O-])c1cc(S(=O)(=O)NCCCCCO)ccc1F. The third-order valence-electron chi connectivity index (χ3n) is 2.55. The Morgan fingerprint density at radius 1 is 1.30 bits per heavy atom. The first-order chi connectivity index (χ1) is 9.38. The van der Waals surface area contributed by atoms with Gasteiger partial charge in [-0.15, -0.1) is 0 Å². The van der Waals surface area contributed by atoms with Crippen molar-refractivity contribution in [1.29, 1.82) is 0 Å². The fourth-order valence-electron chi connectivity index (χ4n) is 1.50. The Labute approximate surface area is 115 Å². The molecule has 20 heavy (non-hydrogen) atoms. The standard InChI is InChI=1S/C11H15FN2O5S/c12-10-5-4-9(8-11(10)14(16)17)20(18,19)13-6-2-1-3-7-15/h4-5,8,13,15H,1-3,6-7H2. The fourth-order valence-corrected chi connectivity index (χ4v) is 2.60. The lowest BCUT2D eigenvalue weighted by Crippen LogP contribution is -2.25. The molecule has 0 spiro atoms. The number of nitrogens with one attached hydrogen (secondary N) is 1. The molecule has 0 amide bonds. The second-order valence-corrected chi connectivity index (χ2v) is 5.82. The van der Waals surface area contributed by atoms with Crippen LogP contribution >= 0.6 is 0 Å². The largest absolute Gasteiger partial charge is 0.396 e. The first kappa shape index (κ1) is 16.5. The molecule has 1 rings (SSSR count). The van der Waals surface area contributed by atoms with E-state index in [9.17, 15) is 22.9 Å². The van der Waals surface area contributed by atoms with Crippen LogP contribution in [0.25, 0.3) is 0 Å². The molecule has 0 aliphatic heterocycles. The lowest BCUT2D eigenvalue weighted by atomic mass is 10.2. The molecule has 1 aromatic carbocycles. The lowest BCUT2D eigenvalue weighted by Gasteiger charge is -2.06. The van der Waals surface area contributed by atoms with Crippen LogP contribution < -0.4 is 4.72 Å². The molecule has 0 aromatic heterocycles. The van der Waals surface area contributed by atoms with Crippen molar-refractivity contribution in [3.63, 3.8) is 0 Å². The van der Waals surface area contributed by atoms with E-state index in [2.05, 4.69) is 4.72 Å².